The minimum atomic E-state index is -1.05. The summed E-state index contributed by atoms with van der Waals surface area (Å²) in [5, 5.41) is 17.9. The number of amides is 1. The maximum Gasteiger partial charge on any atom is 0.326 e. The van der Waals surface area contributed by atoms with Crippen molar-refractivity contribution < 1.29 is 14.7 Å². The second-order valence-electron chi connectivity index (χ2n) is 4.00. The van der Waals surface area contributed by atoms with Crippen LogP contribution in [0.25, 0.3) is 0 Å². The number of H-pyrrole nitrogens is 1. The van der Waals surface area contributed by atoms with Crippen LogP contribution in [0.1, 0.15) is 36.2 Å². The molecule has 106 valence electrons. The van der Waals surface area contributed by atoms with Gasteiger partial charge in [-0.25, -0.2) is 9.78 Å². The monoisotopic (exact) mass is 286 g/mol. The van der Waals surface area contributed by atoms with E-state index >= 15 is 0 Å². The van der Waals surface area contributed by atoms with E-state index in [-0.39, 0.29) is 5.82 Å². The molecule has 1 aromatic heterocycles. The van der Waals surface area contributed by atoms with Crippen molar-refractivity contribution in [3.8, 4) is 0 Å². The zero-order valence-electron chi connectivity index (χ0n) is 11.0. The van der Waals surface area contributed by atoms with E-state index in [4.69, 9.17) is 5.11 Å². The van der Waals surface area contributed by atoms with Gasteiger partial charge in [-0.05, 0) is 24.9 Å². The molecule has 1 amide bonds. The molecule has 0 spiro atoms. The molecule has 1 atom stereocenters. The van der Waals surface area contributed by atoms with Gasteiger partial charge in [0.1, 0.15) is 11.9 Å². The van der Waals surface area contributed by atoms with Gasteiger partial charge >= 0.3 is 5.97 Å². The Morgan fingerprint density at radius 1 is 1.53 bits per heavy atom. The van der Waals surface area contributed by atoms with E-state index in [0.29, 0.717) is 24.4 Å². The highest BCUT2D eigenvalue weighted by Gasteiger charge is 2.22. The Morgan fingerprint density at radius 3 is 2.84 bits per heavy atom. The lowest BCUT2D eigenvalue weighted by Gasteiger charge is -2.12. The van der Waals surface area contributed by atoms with Crippen LogP contribution in [0.2, 0.25) is 0 Å². The molecule has 0 saturated heterocycles. The lowest BCUT2D eigenvalue weighted by atomic mass is 10.2. The Hall–Kier alpha value is -1.57. The first kappa shape index (κ1) is 15.5. The highest BCUT2D eigenvalue weighted by Crippen LogP contribution is 2.03. The van der Waals surface area contributed by atoms with E-state index in [1.165, 1.54) is 11.8 Å². The summed E-state index contributed by atoms with van der Waals surface area (Å²) in [5.41, 5.74) is 0. The molecule has 0 unspecified atom stereocenters. The number of nitrogens with one attached hydrogen (secondary N) is 2. The van der Waals surface area contributed by atoms with Gasteiger partial charge in [-0.1, -0.05) is 6.92 Å². The number of aromatic amines is 1. The van der Waals surface area contributed by atoms with Crippen molar-refractivity contribution >= 4 is 23.6 Å². The summed E-state index contributed by atoms with van der Waals surface area (Å²) in [7, 11) is 0. The normalized spacial score (nSPS) is 12.1. The molecule has 0 aliphatic carbocycles. The van der Waals surface area contributed by atoms with Gasteiger partial charge in [0.25, 0.3) is 5.91 Å². The first-order valence-electron chi connectivity index (χ1n) is 6.02. The minimum absolute atomic E-state index is 0.0150. The molecule has 8 heteroatoms. The van der Waals surface area contributed by atoms with Crippen molar-refractivity contribution in [3.63, 3.8) is 0 Å². The van der Waals surface area contributed by atoms with Gasteiger partial charge in [-0.2, -0.15) is 11.8 Å². The number of carbonyl (C=O) groups excluding carboxylic acids is 1. The quantitative estimate of drug-likeness (QED) is 0.649. The number of aliphatic carboxylic acids is 1. The summed E-state index contributed by atoms with van der Waals surface area (Å²) in [5.74, 6) is -0.340. The van der Waals surface area contributed by atoms with Crippen LogP contribution in [0, 0.1) is 0 Å². The highest BCUT2D eigenvalue weighted by molar-refractivity contribution is 7.98. The lowest BCUT2D eigenvalue weighted by molar-refractivity contribution is -0.139. The molecule has 0 aliphatic rings. The Morgan fingerprint density at radius 2 is 2.26 bits per heavy atom. The number of aryl methyl sites for hydroxylation is 1. The largest absolute Gasteiger partial charge is 0.480 e. The third-order valence-corrected chi connectivity index (χ3v) is 3.08. The molecule has 1 aromatic rings. The molecule has 19 heavy (non-hydrogen) atoms. The standard InChI is InChI=1S/C11H18N4O3S/c1-3-4-8-13-9(15-14-8)10(16)12-7(11(17)18)5-6-19-2/h7H,3-6H2,1-2H3,(H,12,16)(H,17,18)(H,13,14,15)/t7-/m1/s1. The number of rotatable bonds is 8. The average Bonchev–Trinajstić information content (AvgIpc) is 2.83. The third-order valence-electron chi connectivity index (χ3n) is 2.44. The Balaban J connectivity index is 2.62. The number of carboxylic acid groups (broad SMARTS) is 1. The number of aromatic nitrogens is 3. The maximum atomic E-state index is 11.8. The van der Waals surface area contributed by atoms with Crippen LogP contribution in [0.3, 0.4) is 0 Å². The summed E-state index contributed by atoms with van der Waals surface area (Å²) in [6, 6.07) is -0.909. The number of thioether (sulfide) groups is 1. The van der Waals surface area contributed by atoms with E-state index in [2.05, 4.69) is 20.5 Å². The van der Waals surface area contributed by atoms with E-state index in [9.17, 15) is 9.59 Å². The molecule has 0 radical (unpaired) electrons. The SMILES string of the molecule is CCCc1nc(C(=O)N[C@H](CCSC)C(=O)O)n[nH]1. The lowest BCUT2D eigenvalue weighted by Crippen LogP contribution is -2.41. The number of carbonyl (C=O) groups is 2. The van der Waals surface area contributed by atoms with Crippen LogP contribution in [0.4, 0.5) is 0 Å². The summed E-state index contributed by atoms with van der Waals surface area (Å²) >= 11 is 1.53. The van der Waals surface area contributed by atoms with Crippen molar-refractivity contribution in [2.24, 2.45) is 0 Å². The van der Waals surface area contributed by atoms with E-state index in [1.807, 2.05) is 13.2 Å². The fourth-order valence-electron chi connectivity index (χ4n) is 1.46. The first-order chi connectivity index (χ1) is 9.08. The second kappa shape index (κ2) is 7.78. The number of nitrogens with zero attached hydrogens (tertiary/aromatic N) is 2. The van der Waals surface area contributed by atoms with Gasteiger partial charge < -0.3 is 10.4 Å². The second-order valence-corrected chi connectivity index (χ2v) is 4.99. The van der Waals surface area contributed by atoms with Crippen LogP contribution in [0.5, 0.6) is 0 Å². The van der Waals surface area contributed by atoms with Crippen molar-refractivity contribution in [2.45, 2.75) is 32.2 Å². The van der Waals surface area contributed by atoms with Crippen molar-refractivity contribution in [3.05, 3.63) is 11.6 Å². The van der Waals surface area contributed by atoms with Crippen molar-refractivity contribution in [1.29, 1.82) is 0 Å². The topological polar surface area (TPSA) is 108 Å². The fourth-order valence-corrected chi connectivity index (χ4v) is 1.93. The Bertz CT molecular complexity index is 435. The molecule has 0 aromatic carbocycles. The molecule has 3 N–H and O–H groups in total. The van der Waals surface area contributed by atoms with Crippen LogP contribution in [-0.4, -0.2) is 50.2 Å². The maximum absolute atomic E-state index is 11.8. The molecule has 0 bridgehead atoms. The summed E-state index contributed by atoms with van der Waals surface area (Å²) in [6.45, 7) is 1.99. The summed E-state index contributed by atoms with van der Waals surface area (Å²) < 4.78 is 0. The van der Waals surface area contributed by atoms with Crippen LogP contribution < -0.4 is 5.32 Å². The molecule has 0 aliphatic heterocycles. The molecule has 1 rings (SSSR count). The Labute approximate surface area is 115 Å². The molecule has 7 nitrogen and oxygen atoms in total. The molecular formula is C11H18N4O3S. The van der Waals surface area contributed by atoms with E-state index in [1.54, 1.807) is 0 Å². The van der Waals surface area contributed by atoms with Crippen molar-refractivity contribution in [2.75, 3.05) is 12.0 Å². The van der Waals surface area contributed by atoms with Gasteiger partial charge in [-0.15, -0.1) is 5.10 Å². The third kappa shape index (κ3) is 4.90. The number of hydrogen-bond donors (Lipinski definition) is 3. The van der Waals surface area contributed by atoms with Crippen molar-refractivity contribution in [1.82, 2.24) is 20.5 Å². The molecule has 1 heterocycles. The average molecular weight is 286 g/mol. The smallest absolute Gasteiger partial charge is 0.326 e. The zero-order valence-corrected chi connectivity index (χ0v) is 11.8. The fraction of sp³-hybridized carbons (Fsp3) is 0.636. The first-order valence-corrected chi connectivity index (χ1v) is 7.41. The number of hydrogen-bond acceptors (Lipinski definition) is 5. The van der Waals surface area contributed by atoms with Gasteiger partial charge in [0.15, 0.2) is 0 Å². The zero-order chi connectivity index (χ0) is 14.3. The predicted molar refractivity (Wildman–Crippen MR) is 72.3 cm³/mol. The van der Waals surface area contributed by atoms with Gasteiger partial charge in [0, 0.05) is 6.42 Å². The molecular weight excluding hydrogens is 268 g/mol. The highest BCUT2D eigenvalue weighted by atomic mass is 32.2. The summed E-state index contributed by atoms with van der Waals surface area (Å²) in [4.78, 5) is 26.8. The molecule has 0 fully saturated rings. The predicted octanol–water partition coefficient (Wildman–Crippen LogP) is 0.693. The number of carboxylic acids is 1. The van der Waals surface area contributed by atoms with Crippen LogP contribution >= 0.6 is 11.8 Å². The Kier molecular flexibility index (Phi) is 6.34. The summed E-state index contributed by atoms with van der Waals surface area (Å²) in [6.07, 6.45) is 3.85. The van der Waals surface area contributed by atoms with Gasteiger partial charge in [-0.3, -0.25) is 9.89 Å². The van der Waals surface area contributed by atoms with E-state index in [0.717, 1.165) is 6.42 Å². The van der Waals surface area contributed by atoms with Crippen LogP contribution in [0.15, 0.2) is 0 Å². The minimum Gasteiger partial charge on any atom is -0.480 e. The molecule has 0 saturated carbocycles. The van der Waals surface area contributed by atoms with Crippen LogP contribution in [-0.2, 0) is 11.2 Å². The van der Waals surface area contributed by atoms with E-state index < -0.39 is 17.9 Å². The van der Waals surface area contributed by atoms with Gasteiger partial charge in [0.05, 0.1) is 0 Å². The van der Waals surface area contributed by atoms with Gasteiger partial charge in [0.2, 0.25) is 5.82 Å².